The number of halogens is 2. The van der Waals surface area contributed by atoms with Crippen LogP contribution in [0.3, 0.4) is 0 Å². The molecule has 1 aromatic rings. The van der Waals surface area contributed by atoms with Crippen LogP contribution in [0, 0.1) is 11.2 Å². The van der Waals surface area contributed by atoms with Crippen LogP contribution in [0.2, 0.25) is 0 Å². The molecule has 1 aliphatic heterocycles. The quantitative estimate of drug-likeness (QED) is 0.925. The molecular weight excluding hydrogens is 313 g/mol. The third-order valence-electron chi connectivity index (χ3n) is 3.57. The number of amides is 1. The maximum Gasteiger partial charge on any atom is 0.255 e. The molecule has 0 saturated carbocycles. The van der Waals surface area contributed by atoms with Crippen molar-refractivity contribution in [3.63, 3.8) is 0 Å². The lowest BCUT2D eigenvalue weighted by molar-refractivity contribution is 0.0238. The van der Waals surface area contributed by atoms with Crippen molar-refractivity contribution in [2.75, 3.05) is 19.8 Å². The predicted molar refractivity (Wildman–Crippen MR) is 74.6 cm³/mol. The molecule has 0 unspecified atom stereocenters. The van der Waals surface area contributed by atoms with E-state index in [0.717, 1.165) is 26.1 Å². The fourth-order valence-corrected chi connectivity index (χ4v) is 2.66. The van der Waals surface area contributed by atoms with Crippen molar-refractivity contribution >= 4 is 21.8 Å². The monoisotopic (exact) mass is 329 g/mol. The van der Waals surface area contributed by atoms with E-state index in [0.29, 0.717) is 11.0 Å². The number of carbonyl (C=O) groups excluding carboxylic acids is 1. The Balaban J connectivity index is 2.01. The van der Waals surface area contributed by atoms with Gasteiger partial charge in [0.05, 0.1) is 5.56 Å². The minimum atomic E-state index is -0.510. The fraction of sp³-hybridized carbons (Fsp3) is 0.500. The number of rotatable bonds is 3. The summed E-state index contributed by atoms with van der Waals surface area (Å²) >= 11 is 3.21. The van der Waals surface area contributed by atoms with Crippen LogP contribution in [-0.4, -0.2) is 25.7 Å². The van der Waals surface area contributed by atoms with Crippen molar-refractivity contribution in [1.29, 1.82) is 0 Å². The molecule has 1 fully saturated rings. The van der Waals surface area contributed by atoms with Crippen LogP contribution >= 0.6 is 15.9 Å². The summed E-state index contributed by atoms with van der Waals surface area (Å²) in [7, 11) is 0. The molecule has 0 aromatic heterocycles. The number of benzene rings is 1. The second-order valence-electron chi connectivity index (χ2n) is 5.20. The van der Waals surface area contributed by atoms with E-state index in [9.17, 15) is 9.18 Å². The van der Waals surface area contributed by atoms with E-state index in [1.54, 1.807) is 12.1 Å². The summed E-state index contributed by atoms with van der Waals surface area (Å²) in [5, 5.41) is 2.83. The van der Waals surface area contributed by atoms with Gasteiger partial charge in [-0.15, -0.1) is 0 Å². The lowest BCUT2D eigenvalue weighted by Gasteiger charge is -2.33. The Hall–Kier alpha value is -0.940. The van der Waals surface area contributed by atoms with Gasteiger partial charge < -0.3 is 10.1 Å². The SMILES string of the molecule is CC1(CNC(=O)c2c(F)cccc2Br)CCOCC1. The van der Waals surface area contributed by atoms with Crippen LogP contribution in [0.4, 0.5) is 4.39 Å². The van der Waals surface area contributed by atoms with Crippen LogP contribution in [-0.2, 0) is 4.74 Å². The first-order chi connectivity index (χ1) is 9.02. The number of nitrogens with one attached hydrogen (secondary N) is 1. The highest BCUT2D eigenvalue weighted by molar-refractivity contribution is 9.10. The summed E-state index contributed by atoms with van der Waals surface area (Å²) in [6, 6.07) is 4.51. The lowest BCUT2D eigenvalue weighted by Crippen LogP contribution is -2.39. The Bertz CT molecular complexity index is 452. The van der Waals surface area contributed by atoms with Crippen LogP contribution < -0.4 is 5.32 Å². The highest BCUT2D eigenvalue weighted by Gasteiger charge is 2.28. The van der Waals surface area contributed by atoms with E-state index in [2.05, 4.69) is 28.2 Å². The zero-order chi connectivity index (χ0) is 13.9. The highest BCUT2D eigenvalue weighted by atomic mass is 79.9. The van der Waals surface area contributed by atoms with E-state index in [4.69, 9.17) is 4.74 Å². The maximum atomic E-state index is 13.7. The van der Waals surface area contributed by atoms with E-state index in [1.165, 1.54) is 6.07 Å². The molecular formula is C14H17BrFNO2. The van der Waals surface area contributed by atoms with Gasteiger partial charge in [0.2, 0.25) is 0 Å². The first kappa shape index (κ1) is 14.5. The first-order valence-electron chi connectivity index (χ1n) is 6.32. The van der Waals surface area contributed by atoms with E-state index >= 15 is 0 Å². The normalized spacial score (nSPS) is 18.1. The van der Waals surface area contributed by atoms with Crippen molar-refractivity contribution in [2.45, 2.75) is 19.8 Å². The van der Waals surface area contributed by atoms with Gasteiger partial charge in [0.15, 0.2) is 0 Å². The molecule has 2 rings (SSSR count). The lowest BCUT2D eigenvalue weighted by atomic mass is 9.82. The van der Waals surface area contributed by atoms with E-state index in [1.807, 2.05) is 0 Å². The zero-order valence-electron chi connectivity index (χ0n) is 10.8. The number of carbonyl (C=O) groups is 1. The summed E-state index contributed by atoms with van der Waals surface area (Å²) in [5.41, 5.74) is 0.101. The van der Waals surface area contributed by atoms with E-state index in [-0.39, 0.29) is 16.9 Å². The Kier molecular flexibility index (Phi) is 4.58. The molecule has 0 radical (unpaired) electrons. The predicted octanol–water partition coefficient (Wildman–Crippen LogP) is 3.13. The molecule has 1 N–H and O–H groups in total. The molecule has 1 heterocycles. The molecule has 1 aromatic carbocycles. The summed E-state index contributed by atoms with van der Waals surface area (Å²) in [5.74, 6) is -0.887. The Morgan fingerprint density at radius 2 is 2.16 bits per heavy atom. The topological polar surface area (TPSA) is 38.3 Å². The molecule has 104 valence electrons. The zero-order valence-corrected chi connectivity index (χ0v) is 12.4. The first-order valence-corrected chi connectivity index (χ1v) is 7.11. The van der Waals surface area contributed by atoms with Gasteiger partial charge in [-0.3, -0.25) is 4.79 Å². The van der Waals surface area contributed by atoms with Gasteiger partial charge in [0.1, 0.15) is 5.82 Å². The van der Waals surface area contributed by atoms with Crippen LogP contribution in [0.1, 0.15) is 30.1 Å². The van der Waals surface area contributed by atoms with Gasteiger partial charge in [0.25, 0.3) is 5.91 Å². The second kappa shape index (κ2) is 6.01. The van der Waals surface area contributed by atoms with Crippen LogP contribution in [0.5, 0.6) is 0 Å². The molecule has 1 aliphatic rings. The molecule has 1 saturated heterocycles. The van der Waals surface area contributed by atoms with Crippen LogP contribution in [0.25, 0.3) is 0 Å². The largest absolute Gasteiger partial charge is 0.381 e. The van der Waals surface area contributed by atoms with Crippen molar-refractivity contribution in [2.24, 2.45) is 5.41 Å². The maximum absolute atomic E-state index is 13.7. The average Bonchev–Trinajstić information content (AvgIpc) is 2.37. The standard InChI is InChI=1S/C14H17BrFNO2/c1-14(5-7-19-8-6-14)9-17-13(18)12-10(15)3-2-4-11(12)16/h2-4H,5-9H2,1H3,(H,17,18). The highest BCUT2D eigenvalue weighted by Crippen LogP contribution is 2.29. The molecule has 0 spiro atoms. The minimum absolute atomic E-state index is 0.0334. The van der Waals surface area contributed by atoms with Gasteiger partial charge in [-0.25, -0.2) is 4.39 Å². The third-order valence-corrected chi connectivity index (χ3v) is 4.23. The molecule has 19 heavy (non-hydrogen) atoms. The van der Waals surface area contributed by atoms with Crippen LogP contribution in [0.15, 0.2) is 22.7 Å². The van der Waals surface area contributed by atoms with Gasteiger partial charge in [-0.05, 0) is 46.3 Å². The molecule has 0 bridgehead atoms. The summed E-state index contributed by atoms with van der Waals surface area (Å²) in [4.78, 5) is 12.1. The van der Waals surface area contributed by atoms with Crippen molar-refractivity contribution in [1.82, 2.24) is 5.32 Å². The molecule has 5 heteroatoms. The third kappa shape index (κ3) is 3.54. The second-order valence-corrected chi connectivity index (χ2v) is 6.06. The molecule has 0 aliphatic carbocycles. The number of hydrogen-bond donors (Lipinski definition) is 1. The van der Waals surface area contributed by atoms with Crippen molar-refractivity contribution in [3.8, 4) is 0 Å². The number of ether oxygens (including phenoxy) is 1. The van der Waals surface area contributed by atoms with Crippen molar-refractivity contribution in [3.05, 3.63) is 34.1 Å². The number of hydrogen-bond acceptors (Lipinski definition) is 2. The minimum Gasteiger partial charge on any atom is -0.381 e. The molecule has 3 nitrogen and oxygen atoms in total. The Morgan fingerprint density at radius 3 is 2.79 bits per heavy atom. The molecule has 0 atom stereocenters. The molecule has 1 amide bonds. The van der Waals surface area contributed by atoms with Gasteiger partial charge in [-0.1, -0.05) is 13.0 Å². The van der Waals surface area contributed by atoms with E-state index < -0.39 is 5.82 Å². The van der Waals surface area contributed by atoms with Crippen molar-refractivity contribution < 1.29 is 13.9 Å². The fourth-order valence-electron chi connectivity index (χ4n) is 2.14. The Labute approximate surface area is 120 Å². The smallest absolute Gasteiger partial charge is 0.255 e. The summed E-state index contributed by atoms with van der Waals surface area (Å²) < 4.78 is 19.4. The van der Waals surface area contributed by atoms with Gasteiger partial charge >= 0.3 is 0 Å². The average molecular weight is 330 g/mol. The Morgan fingerprint density at radius 1 is 1.47 bits per heavy atom. The van der Waals surface area contributed by atoms with Gasteiger partial charge in [0, 0.05) is 24.2 Å². The summed E-state index contributed by atoms with van der Waals surface area (Å²) in [6.07, 6.45) is 1.82. The summed E-state index contributed by atoms with van der Waals surface area (Å²) in [6.45, 7) is 4.09. The van der Waals surface area contributed by atoms with Gasteiger partial charge in [-0.2, -0.15) is 0 Å².